The van der Waals surface area contributed by atoms with Gasteiger partial charge < -0.3 is 10.0 Å². The molecule has 0 spiro atoms. The Hall–Kier alpha value is -3.42. The third-order valence-electron chi connectivity index (χ3n) is 4.17. The van der Waals surface area contributed by atoms with E-state index in [1.807, 2.05) is 6.07 Å². The van der Waals surface area contributed by atoms with E-state index in [-0.39, 0.29) is 39.2 Å². The Morgan fingerprint density at radius 1 is 0.744 bits per heavy atom. The van der Waals surface area contributed by atoms with Crippen molar-refractivity contribution in [2.75, 3.05) is 0 Å². The highest BCUT2D eigenvalue weighted by atomic mass is 79.9. The summed E-state index contributed by atoms with van der Waals surface area (Å²) in [6.45, 7) is 0. The van der Waals surface area contributed by atoms with Gasteiger partial charge in [0.25, 0.3) is 11.4 Å². The van der Waals surface area contributed by atoms with Crippen molar-refractivity contribution in [3.63, 3.8) is 0 Å². The third kappa shape index (κ3) is 12.3. The van der Waals surface area contributed by atoms with Crippen LogP contribution >= 0.6 is 39.1 Å². The number of nitro groups is 2. The number of pyridine rings is 2. The molecule has 2 aromatic heterocycles. The number of benzene rings is 2. The van der Waals surface area contributed by atoms with E-state index >= 15 is 0 Å². The van der Waals surface area contributed by atoms with E-state index in [0.29, 0.717) is 25.8 Å². The standard InChI is InChI=1S/C11H7ClN2O2.C6H3BrClNO2.C5H6BNO2.3CH4/c12-10-7-8(14(15)16)4-5-9(10)11-3-1-2-6-13-11;7-5-2-1-4(9(10)11)3-6(5)8;8-6(9)5-3-1-2-4-7-5;;;/h1-7H;1-3H;1-4,8-9H;3*1H4. The Kier molecular flexibility index (Phi) is 18.2. The van der Waals surface area contributed by atoms with Gasteiger partial charge in [0.2, 0.25) is 0 Å². The minimum Gasteiger partial charge on any atom is -0.422 e. The number of rotatable bonds is 4. The van der Waals surface area contributed by atoms with Crippen molar-refractivity contribution in [3.8, 4) is 11.3 Å². The molecule has 4 aromatic rings. The molecule has 0 atom stereocenters. The fraction of sp³-hybridized carbons (Fsp3) is 0.120. The molecule has 0 fully saturated rings. The molecule has 0 bridgehead atoms. The Bertz CT molecular complexity index is 1320. The van der Waals surface area contributed by atoms with Gasteiger partial charge in [0.15, 0.2) is 0 Å². The van der Waals surface area contributed by atoms with E-state index in [2.05, 4.69) is 25.9 Å². The van der Waals surface area contributed by atoms with E-state index in [4.69, 9.17) is 33.2 Å². The quantitative estimate of drug-likeness (QED) is 0.137. The first-order valence-corrected chi connectivity index (χ1v) is 11.4. The molecule has 14 heteroatoms. The maximum atomic E-state index is 10.5. The molecular formula is C25H28BBrCl2N4O6. The van der Waals surface area contributed by atoms with Crippen molar-refractivity contribution >= 4 is 63.2 Å². The van der Waals surface area contributed by atoms with Crippen LogP contribution in [-0.4, -0.2) is 37.0 Å². The molecule has 0 saturated heterocycles. The van der Waals surface area contributed by atoms with Gasteiger partial charge in [-0.3, -0.25) is 30.2 Å². The molecule has 39 heavy (non-hydrogen) atoms. The summed E-state index contributed by atoms with van der Waals surface area (Å²) >= 11 is 14.7. The summed E-state index contributed by atoms with van der Waals surface area (Å²) < 4.78 is 0.657. The van der Waals surface area contributed by atoms with Gasteiger partial charge in [-0.2, -0.15) is 0 Å². The first-order valence-electron chi connectivity index (χ1n) is 9.82. The second kappa shape index (κ2) is 18.8. The maximum absolute atomic E-state index is 10.5. The number of aromatic nitrogens is 2. The number of non-ortho nitro benzene ring substituents is 2. The zero-order valence-electron chi connectivity index (χ0n) is 18.1. The summed E-state index contributed by atoms with van der Waals surface area (Å²) in [5.41, 5.74) is 1.63. The van der Waals surface area contributed by atoms with Crippen LogP contribution in [0.4, 0.5) is 11.4 Å². The summed E-state index contributed by atoms with van der Waals surface area (Å²) in [6.07, 6.45) is 3.15. The largest absolute Gasteiger partial charge is 0.508 e. The van der Waals surface area contributed by atoms with Crippen LogP contribution in [0.2, 0.25) is 10.0 Å². The Balaban J connectivity index is 0. The number of nitro benzene ring substituents is 2. The highest BCUT2D eigenvalue weighted by molar-refractivity contribution is 9.10. The highest BCUT2D eigenvalue weighted by Gasteiger charge is 2.11. The lowest BCUT2D eigenvalue weighted by Gasteiger charge is -2.02. The average Bonchev–Trinajstić information content (AvgIpc) is 2.87. The van der Waals surface area contributed by atoms with Crippen LogP contribution < -0.4 is 5.59 Å². The van der Waals surface area contributed by atoms with Crippen LogP contribution in [0.25, 0.3) is 11.3 Å². The van der Waals surface area contributed by atoms with Crippen molar-refractivity contribution in [2.24, 2.45) is 0 Å². The van der Waals surface area contributed by atoms with Gasteiger partial charge in [-0.1, -0.05) is 57.6 Å². The van der Waals surface area contributed by atoms with Crippen molar-refractivity contribution in [1.82, 2.24) is 9.97 Å². The van der Waals surface area contributed by atoms with Crippen LogP contribution in [0.1, 0.15) is 22.3 Å². The molecule has 2 aromatic carbocycles. The van der Waals surface area contributed by atoms with Crippen LogP contribution in [0.5, 0.6) is 0 Å². The summed E-state index contributed by atoms with van der Waals surface area (Å²) in [4.78, 5) is 27.6. The smallest absolute Gasteiger partial charge is 0.422 e. The Morgan fingerprint density at radius 2 is 1.26 bits per heavy atom. The molecule has 208 valence electrons. The lowest BCUT2D eigenvalue weighted by atomic mass is 9.86. The number of nitrogens with zero attached hydrogens (tertiary/aromatic N) is 4. The van der Waals surface area contributed by atoms with Crippen molar-refractivity contribution in [3.05, 3.63) is 120 Å². The number of hydrogen-bond acceptors (Lipinski definition) is 8. The van der Waals surface area contributed by atoms with Gasteiger partial charge >= 0.3 is 7.12 Å². The summed E-state index contributed by atoms with van der Waals surface area (Å²) in [5.74, 6) is 0. The molecule has 2 heterocycles. The van der Waals surface area contributed by atoms with Gasteiger partial charge in [0, 0.05) is 46.7 Å². The topological polar surface area (TPSA) is 153 Å². The first-order chi connectivity index (χ1) is 17.1. The molecule has 0 unspecified atom stereocenters. The van der Waals surface area contributed by atoms with Crippen LogP contribution in [-0.2, 0) is 0 Å². The number of halogens is 3. The van der Waals surface area contributed by atoms with Crippen LogP contribution in [0.15, 0.2) is 89.7 Å². The monoisotopic (exact) mass is 640 g/mol. The lowest BCUT2D eigenvalue weighted by Crippen LogP contribution is -2.31. The SMILES string of the molecule is C.C.C.O=[N+]([O-])c1ccc(-c2ccccn2)c(Cl)c1.O=[N+]([O-])c1ccc(Br)c(Cl)c1.OB(O)c1ccccn1. The van der Waals surface area contributed by atoms with Crippen LogP contribution in [0, 0.1) is 20.2 Å². The Morgan fingerprint density at radius 3 is 1.64 bits per heavy atom. The van der Waals surface area contributed by atoms with Crippen molar-refractivity contribution < 1.29 is 19.9 Å². The molecule has 0 saturated carbocycles. The molecule has 0 radical (unpaired) electrons. The maximum Gasteiger partial charge on any atom is 0.508 e. The van der Waals surface area contributed by atoms with Gasteiger partial charge in [-0.25, -0.2) is 0 Å². The molecular weight excluding hydrogens is 614 g/mol. The fourth-order valence-electron chi connectivity index (χ4n) is 2.47. The second-order valence-electron chi connectivity index (χ2n) is 6.62. The van der Waals surface area contributed by atoms with E-state index in [1.165, 1.54) is 30.5 Å². The summed E-state index contributed by atoms with van der Waals surface area (Å²) in [5, 5.41) is 38.4. The average molecular weight is 642 g/mol. The van der Waals surface area contributed by atoms with Crippen LogP contribution in [0.3, 0.4) is 0 Å². The van der Waals surface area contributed by atoms with Gasteiger partial charge in [0.05, 0.1) is 31.2 Å². The molecule has 2 N–H and O–H groups in total. The van der Waals surface area contributed by atoms with Crippen molar-refractivity contribution in [1.29, 1.82) is 0 Å². The van der Waals surface area contributed by atoms with E-state index in [9.17, 15) is 20.2 Å². The molecule has 0 aliphatic rings. The zero-order chi connectivity index (χ0) is 26.7. The minimum atomic E-state index is -1.45. The summed E-state index contributed by atoms with van der Waals surface area (Å²) in [6, 6.07) is 18.9. The second-order valence-corrected chi connectivity index (χ2v) is 8.29. The molecule has 10 nitrogen and oxygen atoms in total. The lowest BCUT2D eigenvalue weighted by molar-refractivity contribution is -0.385. The van der Waals surface area contributed by atoms with Gasteiger partial charge in [-0.05, 0) is 52.3 Å². The predicted octanol–water partition coefficient (Wildman–Crippen LogP) is 6.99. The minimum absolute atomic E-state index is 0. The zero-order valence-corrected chi connectivity index (χ0v) is 21.2. The van der Waals surface area contributed by atoms with Gasteiger partial charge in [-0.15, -0.1) is 0 Å². The molecule has 0 aliphatic carbocycles. The summed E-state index contributed by atoms with van der Waals surface area (Å²) in [7, 11) is -1.45. The Labute approximate surface area is 245 Å². The normalized spacial score (nSPS) is 8.95. The predicted molar refractivity (Wildman–Crippen MR) is 161 cm³/mol. The van der Waals surface area contributed by atoms with E-state index in [0.717, 1.165) is 0 Å². The molecule has 4 rings (SSSR count). The van der Waals surface area contributed by atoms with E-state index < -0.39 is 17.0 Å². The first kappa shape index (κ1) is 37.7. The number of hydrogen-bond donors (Lipinski definition) is 2. The molecule has 0 aliphatic heterocycles. The third-order valence-corrected chi connectivity index (χ3v) is 5.72. The van der Waals surface area contributed by atoms with Crippen molar-refractivity contribution in [2.45, 2.75) is 22.3 Å². The highest BCUT2D eigenvalue weighted by Crippen LogP contribution is 2.29. The fourth-order valence-corrected chi connectivity index (χ4v) is 3.17. The molecule has 0 amide bonds. The van der Waals surface area contributed by atoms with E-state index in [1.54, 1.807) is 48.7 Å². The van der Waals surface area contributed by atoms with Gasteiger partial charge in [0.1, 0.15) is 0 Å².